The first kappa shape index (κ1) is 14.1. The molecule has 1 aromatic heterocycles. The third-order valence-corrected chi connectivity index (χ3v) is 1.61. The number of hydrogen-bond acceptors (Lipinski definition) is 4. The van der Waals surface area contributed by atoms with Crippen LogP contribution in [0.15, 0.2) is 54.9 Å². The summed E-state index contributed by atoms with van der Waals surface area (Å²) < 4.78 is 31.4. The summed E-state index contributed by atoms with van der Waals surface area (Å²) in [5.74, 6) is 1.59. The molecule has 0 saturated heterocycles. The highest BCUT2D eigenvalue weighted by Gasteiger charge is 1.93. The van der Waals surface area contributed by atoms with E-state index in [1.54, 1.807) is 12.4 Å². The van der Waals surface area contributed by atoms with Crippen molar-refractivity contribution in [3.63, 3.8) is 0 Å². The van der Waals surface area contributed by atoms with Crippen LogP contribution in [0.4, 0.5) is 0 Å². The van der Waals surface area contributed by atoms with E-state index in [-0.39, 0.29) is 0 Å². The van der Waals surface area contributed by atoms with Crippen LogP contribution in [0.2, 0.25) is 0 Å². The van der Waals surface area contributed by atoms with Crippen LogP contribution in [0, 0.1) is 0 Å². The van der Waals surface area contributed by atoms with Gasteiger partial charge in [0.1, 0.15) is 11.5 Å². The minimum Gasteiger partial charge on any atom is -0.456 e. The zero-order valence-electron chi connectivity index (χ0n) is 9.72. The van der Waals surface area contributed by atoms with Gasteiger partial charge in [0.15, 0.2) is 0 Å². The zero-order chi connectivity index (χ0) is 13.4. The Morgan fingerprint density at radius 1 is 1.06 bits per heavy atom. The molecule has 1 heterocycles. The fourth-order valence-corrected chi connectivity index (χ4v) is 1.03. The molecule has 1 aromatic carbocycles. The highest BCUT2D eigenvalue weighted by Crippen LogP contribution is 2.18. The number of benzene rings is 1. The second-order valence-electron chi connectivity index (χ2n) is 3.34. The molecule has 0 atom stereocenters. The van der Waals surface area contributed by atoms with Crippen LogP contribution >= 0.6 is 0 Å². The average Bonchev–Trinajstić information content (AvgIpc) is 2.29. The van der Waals surface area contributed by atoms with E-state index in [0.717, 1.165) is 11.5 Å². The van der Waals surface area contributed by atoms with Crippen LogP contribution in [-0.2, 0) is 10.1 Å². The fourth-order valence-electron chi connectivity index (χ4n) is 1.03. The van der Waals surface area contributed by atoms with E-state index in [0.29, 0.717) is 6.26 Å². The van der Waals surface area contributed by atoms with Crippen LogP contribution in [0.5, 0.6) is 11.5 Å². The molecular formula is C12H13NO4S. The predicted molar refractivity (Wildman–Crippen MR) is 68.2 cm³/mol. The maximum atomic E-state index is 9.19. The molecule has 2 rings (SSSR count). The molecule has 1 N–H and O–H groups in total. The number of aromatic nitrogens is 1. The van der Waals surface area contributed by atoms with Crippen molar-refractivity contribution in [1.29, 1.82) is 0 Å². The Bertz CT molecular complexity index is 510. The molecule has 0 amide bonds. The summed E-state index contributed by atoms with van der Waals surface area (Å²) >= 11 is 0. The molecule has 6 heteroatoms. The summed E-state index contributed by atoms with van der Waals surface area (Å²) in [4.78, 5) is 3.96. The lowest BCUT2D eigenvalue weighted by Gasteiger charge is -2.03. The van der Waals surface area contributed by atoms with Gasteiger partial charge < -0.3 is 4.74 Å². The molecule has 0 bridgehead atoms. The first-order valence-corrected chi connectivity index (χ1v) is 6.85. The zero-order valence-corrected chi connectivity index (χ0v) is 10.5. The molecule has 0 saturated carbocycles. The molecule has 0 radical (unpaired) electrons. The van der Waals surface area contributed by atoms with Gasteiger partial charge in [-0.05, 0) is 24.3 Å². The molecule has 5 nitrogen and oxygen atoms in total. The van der Waals surface area contributed by atoms with Crippen LogP contribution in [0.1, 0.15) is 0 Å². The monoisotopic (exact) mass is 267 g/mol. The molecule has 0 aliphatic carbocycles. The molecule has 96 valence electrons. The summed E-state index contributed by atoms with van der Waals surface area (Å²) in [5.41, 5.74) is 0. The quantitative estimate of drug-likeness (QED) is 0.845. The van der Waals surface area contributed by atoms with E-state index in [1.165, 1.54) is 0 Å². The Morgan fingerprint density at radius 3 is 2.11 bits per heavy atom. The van der Waals surface area contributed by atoms with Crippen LogP contribution in [0.3, 0.4) is 0 Å². The minimum atomic E-state index is -3.67. The normalized spacial score (nSPS) is 10.1. The SMILES string of the molecule is CS(=O)(=O)O.c1ccc(Oc2cccnc2)cc1. The number of ether oxygens (including phenoxy) is 1. The summed E-state index contributed by atoms with van der Waals surface area (Å²) in [6.07, 6.45) is 4.12. The fraction of sp³-hybridized carbons (Fsp3) is 0.0833. The number of para-hydroxylation sites is 1. The minimum absolute atomic E-state index is 0.715. The van der Waals surface area contributed by atoms with Gasteiger partial charge in [0.05, 0.1) is 12.5 Å². The number of pyridine rings is 1. The molecule has 0 fully saturated rings. The maximum absolute atomic E-state index is 9.19. The summed E-state index contributed by atoms with van der Waals surface area (Å²) in [5, 5.41) is 0. The van der Waals surface area contributed by atoms with Crippen molar-refractivity contribution in [2.75, 3.05) is 6.26 Å². The van der Waals surface area contributed by atoms with Crippen molar-refractivity contribution in [3.8, 4) is 11.5 Å². The summed E-state index contributed by atoms with van der Waals surface area (Å²) in [6, 6.07) is 13.4. The van der Waals surface area contributed by atoms with Gasteiger partial charge in [-0.2, -0.15) is 8.42 Å². The lowest BCUT2D eigenvalue weighted by Crippen LogP contribution is -1.88. The molecule has 0 aliphatic heterocycles. The first-order valence-electron chi connectivity index (χ1n) is 5.00. The van der Waals surface area contributed by atoms with Crippen molar-refractivity contribution in [2.24, 2.45) is 0 Å². The molecular weight excluding hydrogens is 254 g/mol. The third-order valence-electron chi connectivity index (χ3n) is 1.61. The van der Waals surface area contributed by atoms with Gasteiger partial charge in [-0.1, -0.05) is 18.2 Å². The average molecular weight is 267 g/mol. The topological polar surface area (TPSA) is 76.5 Å². The number of nitrogens with zero attached hydrogens (tertiary/aromatic N) is 1. The van der Waals surface area contributed by atoms with Gasteiger partial charge in [0.2, 0.25) is 0 Å². The molecule has 2 aromatic rings. The predicted octanol–water partition coefficient (Wildman–Crippen LogP) is 2.38. The molecule has 18 heavy (non-hydrogen) atoms. The standard InChI is InChI=1S/C11H9NO.CH4O3S/c1-2-5-10(6-3-1)13-11-7-4-8-12-9-11;1-5(2,3)4/h1-9H;1H3,(H,2,3,4). The summed E-state index contributed by atoms with van der Waals surface area (Å²) in [7, 11) is -3.67. The van der Waals surface area contributed by atoms with Gasteiger partial charge in [-0.3, -0.25) is 9.54 Å². The Balaban J connectivity index is 0.000000280. The Labute approximate surface area is 106 Å². The smallest absolute Gasteiger partial charge is 0.261 e. The molecule has 0 spiro atoms. The lowest BCUT2D eigenvalue weighted by molar-refractivity contribution is 0.480. The van der Waals surface area contributed by atoms with Gasteiger partial charge in [-0.15, -0.1) is 0 Å². The van der Waals surface area contributed by atoms with E-state index in [4.69, 9.17) is 9.29 Å². The number of rotatable bonds is 2. The third kappa shape index (κ3) is 7.37. The largest absolute Gasteiger partial charge is 0.456 e. The Hall–Kier alpha value is -1.92. The second-order valence-corrected chi connectivity index (χ2v) is 4.80. The lowest BCUT2D eigenvalue weighted by atomic mass is 10.3. The van der Waals surface area contributed by atoms with Crippen LogP contribution in [0.25, 0.3) is 0 Å². The van der Waals surface area contributed by atoms with E-state index in [1.807, 2.05) is 42.5 Å². The van der Waals surface area contributed by atoms with Crippen molar-refractivity contribution in [2.45, 2.75) is 0 Å². The van der Waals surface area contributed by atoms with Crippen LogP contribution < -0.4 is 4.74 Å². The Kier molecular flexibility index (Phi) is 5.29. The highest BCUT2D eigenvalue weighted by atomic mass is 32.2. The molecule has 0 unspecified atom stereocenters. The van der Waals surface area contributed by atoms with Gasteiger partial charge in [-0.25, -0.2) is 0 Å². The van der Waals surface area contributed by atoms with E-state index in [9.17, 15) is 8.42 Å². The maximum Gasteiger partial charge on any atom is 0.261 e. The van der Waals surface area contributed by atoms with Gasteiger partial charge in [0.25, 0.3) is 10.1 Å². The summed E-state index contributed by atoms with van der Waals surface area (Å²) in [6.45, 7) is 0. The van der Waals surface area contributed by atoms with Gasteiger partial charge in [0, 0.05) is 6.20 Å². The number of hydrogen-bond donors (Lipinski definition) is 1. The molecule has 0 aliphatic rings. The Morgan fingerprint density at radius 2 is 1.61 bits per heavy atom. The first-order chi connectivity index (χ1) is 8.45. The van der Waals surface area contributed by atoms with Crippen molar-refractivity contribution in [1.82, 2.24) is 4.98 Å². The van der Waals surface area contributed by atoms with Crippen molar-refractivity contribution < 1.29 is 17.7 Å². The second kappa shape index (κ2) is 6.73. The highest BCUT2D eigenvalue weighted by molar-refractivity contribution is 7.85. The van der Waals surface area contributed by atoms with E-state index in [2.05, 4.69) is 4.98 Å². The van der Waals surface area contributed by atoms with Crippen LogP contribution in [-0.4, -0.2) is 24.2 Å². The van der Waals surface area contributed by atoms with Crippen molar-refractivity contribution in [3.05, 3.63) is 54.9 Å². The van der Waals surface area contributed by atoms with E-state index >= 15 is 0 Å². The van der Waals surface area contributed by atoms with E-state index < -0.39 is 10.1 Å². The van der Waals surface area contributed by atoms with Crippen molar-refractivity contribution >= 4 is 10.1 Å². The van der Waals surface area contributed by atoms with Gasteiger partial charge >= 0.3 is 0 Å².